The molecular formula is C15H22. The van der Waals surface area contributed by atoms with E-state index in [1.165, 1.54) is 44.1 Å². The summed E-state index contributed by atoms with van der Waals surface area (Å²) in [6, 6.07) is 10.9. The molecular weight excluding hydrogens is 180 g/mol. The fourth-order valence-electron chi connectivity index (χ4n) is 2.82. The molecule has 0 heteroatoms. The minimum atomic E-state index is 0.961. The van der Waals surface area contributed by atoms with Crippen LogP contribution in [-0.2, 0) is 6.42 Å². The zero-order chi connectivity index (χ0) is 10.5. The maximum atomic E-state index is 2.44. The molecule has 0 radical (unpaired) electrons. The first-order valence-corrected chi connectivity index (χ1v) is 6.40. The number of hydrogen-bond acceptors (Lipinski definition) is 0. The van der Waals surface area contributed by atoms with Crippen molar-refractivity contribution in [2.45, 2.75) is 45.4 Å². The summed E-state index contributed by atoms with van der Waals surface area (Å²) in [6.07, 6.45) is 8.52. The highest BCUT2D eigenvalue weighted by molar-refractivity contribution is 5.14. The quantitative estimate of drug-likeness (QED) is 0.679. The first-order valence-electron chi connectivity index (χ1n) is 6.40. The molecule has 2 atom stereocenters. The Morgan fingerprint density at radius 1 is 1.07 bits per heavy atom. The van der Waals surface area contributed by atoms with Crippen LogP contribution in [0.2, 0.25) is 0 Å². The van der Waals surface area contributed by atoms with Crippen molar-refractivity contribution in [2.75, 3.05) is 0 Å². The fourth-order valence-corrected chi connectivity index (χ4v) is 2.82. The SMILES string of the molecule is C[C@H]1CCCC[C@@H]1CCc1ccccc1. The van der Waals surface area contributed by atoms with E-state index in [2.05, 4.69) is 37.3 Å². The molecule has 0 amide bonds. The minimum Gasteiger partial charge on any atom is -0.0622 e. The fraction of sp³-hybridized carbons (Fsp3) is 0.600. The number of hydrogen-bond donors (Lipinski definition) is 0. The zero-order valence-corrected chi connectivity index (χ0v) is 9.78. The van der Waals surface area contributed by atoms with Crippen molar-refractivity contribution in [2.24, 2.45) is 11.8 Å². The molecule has 0 saturated heterocycles. The van der Waals surface area contributed by atoms with Crippen LogP contribution in [0.15, 0.2) is 30.3 Å². The van der Waals surface area contributed by atoms with Gasteiger partial charge in [-0.25, -0.2) is 0 Å². The smallest absolute Gasteiger partial charge is 0.0276 e. The summed E-state index contributed by atoms with van der Waals surface area (Å²) < 4.78 is 0. The van der Waals surface area contributed by atoms with Crippen molar-refractivity contribution in [3.05, 3.63) is 35.9 Å². The Kier molecular flexibility index (Phi) is 3.82. The molecule has 0 nitrogen and oxygen atoms in total. The average molecular weight is 202 g/mol. The summed E-state index contributed by atoms with van der Waals surface area (Å²) in [4.78, 5) is 0. The predicted octanol–water partition coefficient (Wildman–Crippen LogP) is 4.45. The second-order valence-electron chi connectivity index (χ2n) is 5.05. The monoisotopic (exact) mass is 202 g/mol. The summed E-state index contributed by atoms with van der Waals surface area (Å²) in [7, 11) is 0. The van der Waals surface area contributed by atoms with Crippen LogP contribution in [0.25, 0.3) is 0 Å². The van der Waals surface area contributed by atoms with Crippen molar-refractivity contribution in [1.29, 1.82) is 0 Å². The van der Waals surface area contributed by atoms with E-state index >= 15 is 0 Å². The van der Waals surface area contributed by atoms with Gasteiger partial charge in [0, 0.05) is 0 Å². The highest BCUT2D eigenvalue weighted by atomic mass is 14.3. The molecule has 15 heavy (non-hydrogen) atoms. The van der Waals surface area contributed by atoms with E-state index in [0.29, 0.717) is 0 Å². The Morgan fingerprint density at radius 2 is 1.80 bits per heavy atom. The van der Waals surface area contributed by atoms with Gasteiger partial charge in [0.1, 0.15) is 0 Å². The summed E-state index contributed by atoms with van der Waals surface area (Å²) in [5.74, 6) is 1.95. The van der Waals surface area contributed by atoms with Crippen LogP contribution in [0.5, 0.6) is 0 Å². The molecule has 1 fully saturated rings. The molecule has 0 aliphatic heterocycles. The Labute approximate surface area is 93.7 Å². The van der Waals surface area contributed by atoms with Crippen LogP contribution in [-0.4, -0.2) is 0 Å². The maximum Gasteiger partial charge on any atom is -0.0276 e. The van der Waals surface area contributed by atoms with E-state index in [4.69, 9.17) is 0 Å². The van der Waals surface area contributed by atoms with E-state index in [9.17, 15) is 0 Å². The molecule has 1 aliphatic carbocycles. The van der Waals surface area contributed by atoms with Gasteiger partial charge in [-0.3, -0.25) is 0 Å². The zero-order valence-electron chi connectivity index (χ0n) is 9.78. The Balaban J connectivity index is 1.82. The molecule has 0 bridgehead atoms. The molecule has 1 aromatic carbocycles. The van der Waals surface area contributed by atoms with Crippen LogP contribution in [0, 0.1) is 11.8 Å². The van der Waals surface area contributed by atoms with Gasteiger partial charge in [-0.1, -0.05) is 62.9 Å². The molecule has 0 aromatic heterocycles. The molecule has 0 unspecified atom stereocenters. The van der Waals surface area contributed by atoms with E-state index in [1.54, 1.807) is 0 Å². The van der Waals surface area contributed by atoms with E-state index < -0.39 is 0 Å². The third kappa shape index (κ3) is 3.09. The first kappa shape index (κ1) is 10.7. The summed E-state index contributed by atoms with van der Waals surface area (Å²) in [5.41, 5.74) is 1.51. The van der Waals surface area contributed by atoms with E-state index in [1.807, 2.05) is 0 Å². The van der Waals surface area contributed by atoms with Gasteiger partial charge in [0.2, 0.25) is 0 Å². The van der Waals surface area contributed by atoms with Crippen LogP contribution < -0.4 is 0 Å². The van der Waals surface area contributed by atoms with Crippen molar-refractivity contribution in [3.8, 4) is 0 Å². The molecule has 1 aromatic rings. The summed E-state index contributed by atoms with van der Waals surface area (Å²) in [5, 5.41) is 0. The minimum absolute atomic E-state index is 0.961. The van der Waals surface area contributed by atoms with E-state index in [0.717, 1.165) is 11.8 Å². The van der Waals surface area contributed by atoms with Gasteiger partial charge >= 0.3 is 0 Å². The molecule has 1 saturated carbocycles. The topological polar surface area (TPSA) is 0 Å². The molecule has 82 valence electrons. The third-order valence-electron chi connectivity index (χ3n) is 3.94. The van der Waals surface area contributed by atoms with Crippen LogP contribution in [0.1, 0.15) is 44.6 Å². The second kappa shape index (κ2) is 5.34. The predicted molar refractivity (Wildman–Crippen MR) is 65.9 cm³/mol. The first-order chi connectivity index (χ1) is 7.36. The number of benzene rings is 1. The Hall–Kier alpha value is -0.780. The van der Waals surface area contributed by atoms with Gasteiger partial charge in [-0.2, -0.15) is 0 Å². The van der Waals surface area contributed by atoms with Crippen LogP contribution in [0.3, 0.4) is 0 Å². The summed E-state index contributed by atoms with van der Waals surface area (Å²) >= 11 is 0. The number of aryl methyl sites for hydroxylation is 1. The molecule has 2 rings (SSSR count). The van der Waals surface area contributed by atoms with Gasteiger partial charge in [0.15, 0.2) is 0 Å². The average Bonchev–Trinajstić information content (AvgIpc) is 2.29. The standard InChI is InChI=1S/C15H22/c1-13-7-5-6-10-15(13)12-11-14-8-3-2-4-9-14/h2-4,8-9,13,15H,5-7,10-12H2,1H3/t13-,15+/m0/s1. The van der Waals surface area contributed by atoms with E-state index in [-0.39, 0.29) is 0 Å². The van der Waals surface area contributed by atoms with Crippen LogP contribution >= 0.6 is 0 Å². The maximum absolute atomic E-state index is 2.44. The Morgan fingerprint density at radius 3 is 2.53 bits per heavy atom. The van der Waals surface area contributed by atoms with Gasteiger partial charge < -0.3 is 0 Å². The van der Waals surface area contributed by atoms with Gasteiger partial charge in [-0.05, 0) is 30.2 Å². The second-order valence-corrected chi connectivity index (χ2v) is 5.05. The van der Waals surface area contributed by atoms with Gasteiger partial charge in [0.05, 0.1) is 0 Å². The molecule has 0 N–H and O–H groups in total. The normalized spacial score (nSPS) is 26.5. The highest BCUT2D eigenvalue weighted by Crippen LogP contribution is 2.32. The lowest BCUT2D eigenvalue weighted by atomic mass is 9.77. The van der Waals surface area contributed by atoms with Crippen molar-refractivity contribution >= 4 is 0 Å². The molecule has 1 aliphatic rings. The van der Waals surface area contributed by atoms with Gasteiger partial charge in [0.25, 0.3) is 0 Å². The van der Waals surface area contributed by atoms with Crippen molar-refractivity contribution < 1.29 is 0 Å². The molecule has 0 heterocycles. The van der Waals surface area contributed by atoms with Crippen molar-refractivity contribution in [1.82, 2.24) is 0 Å². The summed E-state index contributed by atoms with van der Waals surface area (Å²) in [6.45, 7) is 2.44. The molecule has 0 spiro atoms. The lowest BCUT2D eigenvalue weighted by molar-refractivity contribution is 0.242. The third-order valence-corrected chi connectivity index (χ3v) is 3.94. The highest BCUT2D eigenvalue weighted by Gasteiger charge is 2.20. The lowest BCUT2D eigenvalue weighted by Gasteiger charge is -2.28. The van der Waals surface area contributed by atoms with Crippen LogP contribution in [0.4, 0.5) is 0 Å². The largest absolute Gasteiger partial charge is 0.0622 e. The Bertz CT molecular complexity index is 275. The number of rotatable bonds is 3. The van der Waals surface area contributed by atoms with Crippen molar-refractivity contribution in [3.63, 3.8) is 0 Å². The van der Waals surface area contributed by atoms with Gasteiger partial charge in [-0.15, -0.1) is 0 Å². The lowest BCUT2D eigenvalue weighted by Crippen LogP contribution is -2.17.